The van der Waals surface area contributed by atoms with Gasteiger partial charge in [0.05, 0.1) is 27.2 Å². The van der Waals surface area contributed by atoms with Crippen LogP contribution in [0.4, 0.5) is 0 Å². The van der Waals surface area contributed by atoms with Gasteiger partial charge in [0.15, 0.2) is 5.75 Å². The molecule has 0 aliphatic carbocycles. The topological polar surface area (TPSA) is 81.0 Å². The van der Waals surface area contributed by atoms with Crippen molar-refractivity contribution in [2.75, 3.05) is 0 Å². The van der Waals surface area contributed by atoms with Gasteiger partial charge in [0.25, 0.3) is 0 Å². The Balaban J connectivity index is 2.11. The van der Waals surface area contributed by atoms with Crippen LogP contribution in [0.1, 0.15) is 28.9 Å². The first-order valence-corrected chi connectivity index (χ1v) is 8.86. The Morgan fingerprint density at radius 1 is 1.22 bits per heavy atom. The summed E-state index contributed by atoms with van der Waals surface area (Å²) in [5.41, 5.74) is 8.20. The highest BCUT2D eigenvalue weighted by atomic mass is 35.5. The molecule has 0 saturated heterocycles. The summed E-state index contributed by atoms with van der Waals surface area (Å²) in [6.45, 7) is 1.46. The van der Waals surface area contributed by atoms with Gasteiger partial charge in [-0.15, -0.1) is 0 Å². The lowest BCUT2D eigenvalue weighted by molar-refractivity contribution is 0.0937. The molecule has 1 unspecified atom stereocenters. The van der Waals surface area contributed by atoms with Crippen molar-refractivity contribution in [2.45, 2.75) is 12.8 Å². The molecule has 1 aromatic heterocycles. The summed E-state index contributed by atoms with van der Waals surface area (Å²) in [5.74, 6) is -0.329. The van der Waals surface area contributed by atoms with Crippen molar-refractivity contribution in [3.8, 4) is 11.8 Å². The Morgan fingerprint density at radius 3 is 2.63 bits per heavy atom. The molecule has 3 aromatic rings. The first-order valence-electron chi connectivity index (χ1n) is 8.10. The van der Waals surface area contributed by atoms with Crippen molar-refractivity contribution >= 4 is 40.0 Å². The maximum Gasteiger partial charge on any atom is 0.228 e. The molecule has 0 fully saturated rings. The van der Waals surface area contributed by atoms with Gasteiger partial charge in [-0.05, 0) is 29.8 Å². The number of ether oxygens (including phenoxy) is 1. The second kappa shape index (κ2) is 6.34. The number of nitrogens with two attached hydrogens (primary N) is 1. The summed E-state index contributed by atoms with van der Waals surface area (Å²) in [6, 6.07) is 14.6. The number of halogens is 2. The molecule has 1 atom stereocenters. The summed E-state index contributed by atoms with van der Waals surface area (Å²) in [6.07, 6.45) is 0. The van der Waals surface area contributed by atoms with Crippen molar-refractivity contribution in [2.24, 2.45) is 5.73 Å². The maximum absolute atomic E-state index is 12.5. The number of carbonyl (C=O) groups excluding carboxylic acids is 1. The number of fused-ring (bicyclic) bond motifs is 3. The number of rotatable bonds is 1. The monoisotopic (exact) mass is 397 g/mol. The lowest BCUT2D eigenvalue weighted by Crippen LogP contribution is -2.24. The first-order chi connectivity index (χ1) is 12.9. The summed E-state index contributed by atoms with van der Waals surface area (Å²) < 4.78 is 7.35. The number of aromatic nitrogens is 1. The average Bonchev–Trinajstić information content (AvgIpc) is 2.97. The molecule has 2 heterocycles. The Hall–Kier alpha value is -2.94. The highest BCUT2D eigenvalue weighted by Gasteiger charge is 2.37. The van der Waals surface area contributed by atoms with Gasteiger partial charge in [-0.25, -0.2) is 0 Å². The molecule has 7 heteroatoms. The van der Waals surface area contributed by atoms with Crippen molar-refractivity contribution < 1.29 is 9.53 Å². The van der Waals surface area contributed by atoms with Crippen LogP contribution in [0.2, 0.25) is 10.0 Å². The maximum atomic E-state index is 12.5. The predicted molar refractivity (Wildman–Crippen MR) is 104 cm³/mol. The van der Waals surface area contributed by atoms with E-state index in [0.717, 1.165) is 5.39 Å². The van der Waals surface area contributed by atoms with E-state index < -0.39 is 5.92 Å². The standard InChI is InChI=1S/C20H13Cl2N3O2/c1-10(26)25-16-5-3-2-4-12(16)19-18(25)17(13(9-23)20(24)27-19)11-6-7-14(21)15(22)8-11/h2-8,17H,24H2,1H3. The Labute approximate surface area is 165 Å². The largest absolute Gasteiger partial charge is 0.438 e. The fraction of sp³-hybridized carbons (Fsp3) is 0.100. The van der Waals surface area contributed by atoms with Gasteiger partial charge < -0.3 is 10.5 Å². The van der Waals surface area contributed by atoms with Gasteiger partial charge >= 0.3 is 0 Å². The smallest absolute Gasteiger partial charge is 0.228 e. The normalized spacial score (nSPS) is 16.0. The summed E-state index contributed by atoms with van der Waals surface area (Å²) in [7, 11) is 0. The van der Waals surface area contributed by atoms with Crippen LogP contribution in [0, 0.1) is 11.3 Å². The van der Waals surface area contributed by atoms with Gasteiger partial charge in [0.1, 0.15) is 11.6 Å². The second-order valence-corrected chi connectivity index (χ2v) is 7.00. The Kier molecular flexibility index (Phi) is 4.11. The molecule has 0 amide bonds. The molecular weight excluding hydrogens is 385 g/mol. The number of carbonyl (C=O) groups is 1. The van der Waals surface area contributed by atoms with Crippen LogP contribution in [-0.2, 0) is 0 Å². The molecule has 5 nitrogen and oxygen atoms in total. The van der Waals surface area contributed by atoms with Gasteiger partial charge in [-0.1, -0.05) is 41.4 Å². The zero-order chi connectivity index (χ0) is 19.3. The highest BCUT2D eigenvalue weighted by molar-refractivity contribution is 6.42. The molecular formula is C20H13Cl2N3O2. The molecule has 0 spiro atoms. The number of benzene rings is 2. The van der Waals surface area contributed by atoms with E-state index in [-0.39, 0.29) is 17.4 Å². The van der Waals surface area contributed by atoms with E-state index in [2.05, 4.69) is 6.07 Å². The van der Waals surface area contributed by atoms with E-state index >= 15 is 0 Å². The van der Waals surface area contributed by atoms with Gasteiger partial charge in [-0.2, -0.15) is 5.26 Å². The number of nitriles is 1. The average molecular weight is 398 g/mol. The molecule has 2 N–H and O–H groups in total. The van der Waals surface area contributed by atoms with Crippen molar-refractivity contribution in [3.63, 3.8) is 0 Å². The number of para-hydroxylation sites is 1. The third-order valence-corrected chi connectivity index (χ3v) is 5.35. The summed E-state index contributed by atoms with van der Waals surface area (Å²) in [5, 5.41) is 11.2. The van der Waals surface area contributed by atoms with Crippen molar-refractivity contribution in [1.82, 2.24) is 4.57 Å². The lowest BCUT2D eigenvalue weighted by Gasteiger charge is -2.26. The van der Waals surface area contributed by atoms with Crippen LogP contribution in [0.15, 0.2) is 53.9 Å². The first kappa shape index (κ1) is 17.5. The Bertz CT molecular complexity index is 1190. The fourth-order valence-electron chi connectivity index (χ4n) is 3.52. The number of nitrogens with zero attached hydrogens (tertiary/aromatic N) is 2. The fourth-order valence-corrected chi connectivity index (χ4v) is 3.82. The minimum atomic E-state index is -0.607. The molecule has 1 aliphatic heterocycles. The lowest BCUT2D eigenvalue weighted by atomic mass is 9.87. The van der Waals surface area contributed by atoms with Crippen LogP contribution < -0.4 is 10.5 Å². The third kappa shape index (κ3) is 2.57. The van der Waals surface area contributed by atoms with Crippen molar-refractivity contribution in [1.29, 1.82) is 5.26 Å². The van der Waals surface area contributed by atoms with Crippen molar-refractivity contribution in [3.05, 3.63) is 75.2 Å². The minimum absolute atomic E-state index is 0.00697. The van der Waals surface area contributed by atoms with Crippen LogP contribution in [0.25, 0.3) is 10.9 Å². The summed E-state index contributed by atoms with van der Waals surface area (Å²) >= 11 is 12.2. The SMILES string of the molecule is CC(=O)n1c2c(c3ccccc31)OC(N)=C(C#N)C2c1ccc(Cl)c(Cl)c1. The van der Waals surface area contributed by atoms with E-state index in [1.807, 2.05) is 24.3 Å². The molecule has 0 bridgehead atoms. The van der Waals surface area contributed by atoms with E-state index in [1.165, 1.54) is 6.92 Å². The third-order valence-electron chi connectivity index (χ3n) is 4.62. The molecule has 0 saturated carbocycles. The quantitative estimate of drug-likeness (QED) is 0.637. The van der Waals surface area contributed by atoms with Gasteiger partial charge in [0, 0.05) is 12.3 Å². The Morgan fingerprint density at radius 2 is 1.96 bits per heavy atom. The molecule has 1 aliphatic rings. The molecule has 134 valence electrons. The zero-order valence-electron chi connectivity index (χ0n) is 14.2. The second-order valence-electron chi connectivity index (χ2n) is 6.18. The molecule has 0 radical (unpaired) electrons. The highest BCUT2D eigenvalue weighted by Crippen LogP contribution is 2.47. The van der Waals surface area contributed by atoms with Gasteiger partial charge in [-0.3, -0.25) is 9.36 Å². The van der Waals surface area contributed by atoms with E-state index in [0.29, 0.717) is 32.6 Å². The van der Waals surface area contributed by atoms with Crippen LogP contribution in [0.3, 0.4) is 0 Å². The summed E-state index contributed by atoms with van der Waals surface area (Å²) in [4.78, 5) is 12.5. The number of hydrogen-bond acceptors (Lipinski definition) is 4. The molecule has 2 aromatic carbocycles. The van der Waals surface area contributed by atoms with E-state index in [1.54, 1.807) is 22.8 Å². The minimum Gasteiger partial charge on any atom is -0.438 e. The predicted octanol–water partition coefficient (Wildman–Crippen LogP) is 4.83. The van der Waals surface area contributed by atoms with Crippen LogP contribution in [-0.4, -0.2) is 10.5 Å². The van der Waals surface area contributed by atoms with Crippen LogP contribution >= 0.6 is 23.2 Å². The zero-order valence-corrected chi connectivity index (χ0v) is 15.7. The molecule has 4 rings (SSSR count). The number of hydrogen-bond donors (Lipinski definition) is 1. The van der Waals surface area contributed by atoms with E-state index in [4.69, 9.17) is 33.7 Å². The van der Waals surface area contributed by atoms with Crippen LogP contribution in [0.5, 0.6) is 5.75 Å². The number of allylic oxidation sites excluding steroid dienone is 1. The van der Waals surface area contributed by atoms with Gasteiger partial charge in [0.2, 0.25) is 11.8 Å². The molecule has 27 heavy (non-hydrogen) atoms. The van der Waals surface area contributed by atoms with E-state index in [9.17, 15) is 10.1 Å².